The summed E-state index contributed by atoms with van der Waals surface area (Å²) in [6, 6.07) is 4.92. The molecule has 34 heavy (non-hydrogen) atoms. The third-order valence-corrected chi connectivity index (χ3v) is 7.62. The fourth-order valence-electron chi connectivity index (χ4n) is 5.73. The van der Waals surface area contributed by atoms with E-state index in [9.17, 15) is 23.1 Å². The lowest BCUT2D eigenvalue weighted by Crippen LogP contribution is -2.77. The van der Waals surface area contributed by atoms with Gasteiger partial charge in [0.1, 0.15) is 5.75 Å². The molecule has 2 atom stereocenters. The van der Waals surface area contributed by atoms with E-state index < -0.39 is 24.7 Å². The van der Waals surface area contributed by atoms with Crippen molar-refractivity contribution in [2.45, 2.75) is 80.1 Å². The van der Waals surface area contributed by atoms with Crippen molar-refractivity contribution in [1.82, 2.24) is 15.5 Å². The maximum Gasteiger partial charge on any atom is 0.522 e. The standard InChI is InChI=1S/C22H21ClF3N3O5/c23-11-1-2-15-13(5-11)14(30)6-16(32-15)17(31)27-21-7-20(8-21,9-21)19-29-28-18(33-19)10-3-12(4-10)34-22(24,25)26/h1-2,5,10,12,14,16,30H,3-4,6-9H2,(H,27,31)/t10?,12?,14-,16-,20?,21?/m0/s1. The Hall–Kier alpha value is -2.37. The third kappa shape index (κ3) is 3.64. The molecule has 8 nitrogen and oxygen atoms in total. The Morgan fingerprint density at radius 2 is 1.94 bits per heavy atom. The first-order valence-electron chi connectivity index (χ1n) is 11.1. The molecule has 2 heterocycles. The number of aliphatic hydroxyl groups is 1. The summed E-state index contributed by atoms with van der Waals surface area (Å²) in [6.07, 6.45) is -4.74. The van der Waals surface area contributed by atoms with Crippen LogP contribution in [0.4, 0.5) is 13.2 Å². The second-order valence-electron chi connectivity index (χ2n) is 9.92. The van der Waals surface area contributed by atoms with Crippen LogP contribution in [0, 0.1) is 0 Å². The zero-order valence-corrected chi connectivity index (χ0v) is 18.5. The fraction of sp³-hybridized carbons (Fsp3) is 0.591. The topological polar surface area (TPSA) is 107 Å². The van der Waals surface area contributed by atoms with Crippen molar-refractivity contribution < 1.29 is 37.0 Å². The number of nitrogens with one attached hydrogen (secondary N) is 1. The van der Waals surface area contributed by atoms with E-state index in [1.807, 2.05) is 0 Å². The highest BCUT2D eigenvalue weighted by atomic mass is 35.5. The van der Waals surface area contributed by atoms with Crippen LogP contribution in [0.15, 0.2) is 22.6 Å². The molecule has 7 rings (SSSR count). The Morgan fingerprint density at radius 1 is 1.21 bits per heavy atom. The third-order valence-electron chi connectivity index (χ3n) is 7.39. The first kappa shape index (κ1) is 22.1. The van der Waals surface area contributed by atoms with E-state index >= 15 is 0 Å². The summed E-state index contributed by atoms with van der Waals surface area (Å²) in [4.78, 5) is 12.8. The number of carbonyl (C=O) groups is 1. The van der Waals surface area contributed by atoms with Gasteiger partial charge in [0, 0.05) is 28.5 Å². The number of benzene rings is 1. The Kier molecular flexibility index (Phi) is 4.76. The van der Waals surface area contributed by atoms with Gasteiger partial charge in [0.25, 0.3) is 5.91 Å². The number of fused-ring (bicyclic) bond motifs is 1. The predicted molar refractivity (Wildman–Crippen MR) is 109 cm³/mol. The largest absolute Gasteiger partial charge is 0.522 e. The van der Waals surface area contributed by atoms with Crippen LogP contribution in [0.2, 0.25) is 5.02 Å². The van der Waals surface area contributed by atoms with Crippen LogP contribution >= 0.6 is 11.6 Å². The summed E-state index contributed by atoms with van der Waals surface area (Å²) in [5.41, 5.74) is -0.112. The van der Waals surface area contributed by atoms with E-state index in [1.54, 1.807) is 18.2 Å². The van der Waals surface area contributed by atoms with E-state index in [1.165, 1.54) is 0 Å². The van der Waals surface area contributed by atoms with Crippen molar-refractivity contribution in [1.29, 1.82) is 0 Å². The molecule has 182 valence electrons. The van der Waals surface area contributed by atoms with Gasteiger partial charge in [0.05, 0.1) is 17.6 Å². The summed E-state index contributed by atoms with van der Waals surface area (Å²) in [5.74, 6) is 0.721. The molecule has 4 saturated carbocycles. The van der Waals surface area contributed by atoms with Gasteiger partial charge in [-0.05, 0) is 50.3 Å². The average molecular weight is 500 g/mol. The Morgan fingerprint density at radius 3 is 2.65 bits per heavy atom. The Balaban J connectivity index is 1.03. The normalized spacial score (nSPS) is 35.8. The lowest BCUT2D eigenvalue weighted by Gasteiger charge is -2.68. The van der Waals surface area contributed by atoms with Crippen LogP contribution in [0.25, 0.3) is 0 Å². The van der Waals surface area contributed by atoms with Gasteiger partial charge in [-0.15, -0.1) is 23.4 Å². The molecule has 0 unspecified atom stereocenters. The van der Waals surface area contributed by atoms with Gasteiger partial charge >= 0.3 is 6.36 Å². The van der Waals surface area contributed by atoms with Gasteiger partial charge in [-0.25, -0.2) is 0 Å². The molecule has 0 saturated heterocycles. The second-order valence-corrected chi connectivity index (χ2v) is 10.4. The molecule has 0 spiro atoms. The molecule has 5 aliphatic rings. The molecule has 1 aromatic carbocycles. The minimum Gasteiger partial charge on any atom is -0.480 e. The highest BCUT2D eigenvalue weighted by molar-refractivity contribution is 6.30. The SMILES string of the molecule is O=C(NC12CC(c3nnc(C4CC(OC(F)(F)F)C4)o3)(C1)C2)[C@@H]1C[C@H](O)c2cc(Cl)ccc2O1. The van der Waals surface area contributed by atoms with Gasteiger partial charge in [0.15, 0.2) is 6.10 Å². The summed E-state index contributed by atoms with van der Waals surface area (Å²) < 4.78 is 52.5. The number of nitrogens with zero attached hydrogens (tertiary/aromatic N) is 2. The molecular formula is C22H21ClF3N3O5. The van der Waals surface area contributed by atoms with E-state index in [4.69, 9.17) is 20.8 Å². The minimum atomic E-state index is -4.64. The number of carbonyl (C=O) groups excluding carboxylic acids is 1. The van der Waals surface area contributed by atoms with E-state index in [0.717, 1.165) is 0 Å². The first-order valence-corrected chi connectivity index (χ1v) is 11.5. The zero-order valence-electron chi connectivity index (χ0n) is 17.8. The van der Waals surface area contributed by atoms with Gasteiger partial charge in [-0.1, -0.05) is 11.6 Å². The zero-order chi connectivity index (χ0) is 23.9. The number of amides is 1. The molecular weight excluding hydrogens is 479 g/mol. The minimum absolute atomic E-state index is 0.133. The van der Waals surface area contributed by atoms with Crippen LogP contribution < -0.4 is 10.1 Å². The number of aromatic nitrogens is 2. The van der Waals surface area contributed by atoms with Crippen LogP contribution in [0.3, 0.4) is 0 Å². The van der Waals surface area contributed by atoms with E-state index in [0.29, 0.717) is 47.4 Å². The van der Waals surface area contributed by atoms with E-state index in [-0.39, 0.29) is 42.0 Å². The van der Waals surface area contributed by atoms with Gasteiger partial charge in [0.2, 0.25) is 11.8 Å². The average Bonchev–Trinajstić information content (AvgIpc) is 3.14. The fourth-order valence-corrected chi connectivity index (χ4v) is 5.91. The van der Waals surface area contributed by atoms with Crippen molar-refractivity contribution in [3.8, 4) is 5.75 Å². The summed E-state index contributed by atoms with van der Waals surface area (Å²) in [5, 5.41) is 22.1. The second kappa shape index (κ2) is 7.32. The number of alkyl halides is 3. The van der Waals surface area contributed by atoms with Crippen LogP contribution in [0.5, 0.6) is 5.75 Å². The molecule has 1 aromatic heterocycles. The molecule has 2 N–H and O–H groups in total. The summed E-state index contributed by atoms with van der Waals surface area (Å²) in [7, 11) is 0. The predicted octanol–water partition coefficient (Wildman–Crippen LogP) is 3.68. The van der Waals surface area contributed by atoms with Crippen LogP contribution in [0.1, 0.15) is 67.9 Å². The molecule has 0 radical (unpaired) electrons. The number of halogens is 4. The Labute approximate surface area is 196 Å². The van der Waals surface area contributed by atoms with Crippen molar-refractivity contribution in [3.63, 3.8) is 0 Å². The molecule has 4 aliphatic carbocycles. The lowest BCUT2D eigenvalue weighted by atomic mass is 9.39. The smallest absolute Gasteiger partial charge is 0.480 e. The number of hydrogen-bond donors (Lipinski definition) is 2. The summed E-state index contributed by atoms with van der Waals surface area (Å²) >= 11 is 5.97. The first-order chi connectivity index (χ1) is 16.0. The highest BCUT2D eigenvalue weighted by Gasteiger charge is 2.72. The number of rotatable bonds is 5. The number of hydrogen-bond acceptors (Lipinski definition) is 7. The molecule has 1 aliphatic heterocycles. The maximum absolute atomic E-state index is 12.8. The number of ether oxygens (including phenoxy) is 2. The number of aliphatic hydroxyl groups excluding tert-OH is 1. The van der Waals surface area contributed by atoms with Crippen molar-refractivity contribution >= 4 is 17.5 Å². The molecule has 2 bridgehead atoms. The van der Waals surface area contributed by atoms with Gasteiger partial charge in [-0.3, -0.25) is 9.53 Å². The van der Waals surface area contributed by atoms with Crippen LogP contribution in [-0.2, 0) is 14.9 Å². The molecule has 12 heteroatoms. The van der Waals surface area contributed by atoms with Gasteiger partial charge in [-0.2, -0.15) is 0 Å². The Bertz CT molecular complexity index is 1130. The quantitative estimate of drug-likeness (QED) is 0.646. The lowest BCUT2D eigenvalue weighted by molar-refractivity contribution is -0.352. The monoisotopic (exact) mass is 499 g/mol. The van der Waals surface area contributed by atoms with Crippen molar-refractivity contribution in [2.24, 2.45) is 0 Å². The van der Waals surface area contributed by atoms with E-state index in [2.05, 4.69) is 20.3 Å². The summed E-state index contributed by atoms with van der Waals surface area (Å²) in [6.45, 7) is 0. The van der Waals surface area contributed by atoms with Gasteiger partial charge < -0.3 is 19.6 Å². The maximum atomic E-state index is 12.8. The molecule has 2 aromatic rings. The molecule has 4 fully saturated rings. The van der Waals surface area contributed by atoms with Crippen LogP contribution in [-0.4, -0.2) is 45.3 Å². The highest BCUT2D eigenvalue weighted by Crippen LogP contribution is 2.67. The van der Waals surface area contributed by atoms with Crippen molar-refractivity contribution in [3.05, 3.63) is 40.6 Å². The molecule has 1 amide bonds. The van der Waals surface area contributed by atoms with Crippen molar-refractivity contribution in [2.75, 3.05) is 0 Å².